The lowest BCUT2D eigenvalue weighted by molar-refractivity contribution is -0.111. The number of methoxy groups -OCH3 is 2. The summed E-state index contributed by atoms with van der Waals surface area (Å²) in [5, 5.41) is 2.74. The normalized spacial score (nSPS) is 15.1. The Bertz CT molecular complexity index is 1010. The first kappa shape index (κ1) is 21.8. The molecule has 8 nitrogen and oxygen atoms in total. The Morgan fingerprint density at radius 3 is 2.40 bits per heavy atom. The topological polar surface area (TPSA) is 94.2 Å². The van der Waals surface area contributed by atoms with Crippen molar-refractivity contribution >= 4 is 27.7 Å². The number of anilines is 1. The first-order valence-corrected chi connectivity index (χ1v) is 10.8. The van der Waals surface area contributed by atoms with E-state index >= 15 is 0 Å². The molecule has 1 N–H and O–H groups in total. The molecule has 0 aromatic heterocycles. The summed E-state index contributed by atoms with van der Waals surface area (Å²) in [6.07, 6.45) is 2.97. The summed E-state index contributed by atoms with van der Waals surface area (Å²) in [7, 11) is -0.489. The molecule has 30 heavy (non-hydrogen) atoms. The van der Waals surface area contributed by atoms with Crippen LogP contribution in [0.2, 0.25) is 0 Å². The molecule has 2 aromatic carbocycles. The maximum atomic E-state index is 12.6. The summed E-state index contributed by atoms with van der Waals surface area (Å²) < 4.78 is 42.3. The number of nitrogens with zero attached hydrogens (tertiary/aromatic N) is 1. The van der Waals surface area contributed by atoms with Crippen LogP contribution in [0.25, 0.3) is 6.08 Å². The van der Waals surface area contributed by atoms with E-state index in [4.69, 9.17) is 14.2 Å². The Balaban J connectivity index is 1.67. The number of carbonyl (C=O) groups excluding carboxylic acids is 1. The van der Waals surface area contributed by atoms with Crippen molar-refractivity contribution in [3.63, 3.8) is 0 Å². The Labute approximate surface area is 176 Å². The molecule has 0 saturated carbocycles. The highest BCUT2D eigenvalue weighted by atomic mass is 32.2. The van der Waals surface area contributed by atoms with Crippen molar-refractivity contribution in [2.75, 3.05) is 45.8 Å². The van der Waals surface area contributed by atoms with Gasteiger partial charge in [0.2, 0.25) is 15.9 Å². The molecule has 0 aliphatic carbocycles. The lowest BCUT2D eigenvalue weighted by atomic mass is 10.2. The van der Waals surface area contributed by atoms with Crippen LogP contribution in [-0.2, 0) is 19.6 Å². The second kappa shape index (κ2) is 9.75. The van der Waals surface area contributed by atoms with Gasteiger partial charge in [0.05, 0.1) is 38.0 Å². The number of nitrogens with one attached hydrogen (secondary N) is 1. The number of morpholine rings is 1. The van der Waals surface area contributed by atoms with Gasteiger partial charge in [0.1, 0.15) is 11.5 Å². The SMILES string of the molecule is COc1ccc(OC)c(NC(=O)/C=C/c2ccc(S(=O)(=O)N3CCOCC3)cc2)c1. The van der Waals surface area contributed by atoms with Crippen molar-refractivity contribution in [2.24, 2.45) is 0 Å². The smallest absolute Gasteiger partial charge is 0.248 e. The molecule has 1 fully saturated rings. The molecule has 2 aromatic rings. The number of ether oxygens (including phenoxy) is 3. The second-order valence-corrected chi connectivity index (χ2v) is 8.41. The van der Waals surface area contributed by atoms with Gasteiger partial charge in [-0.05, 0) is 35.9 Å². The summed E-state index contributed by atoms with van der Waals surface area (Å²) in [4.78, 5) is 12.5. The summed E-state index contributed by atoms with van der Waals surface area (Å²) in [6, 6.07) is 11.5. The van der Waals surface area contributed by atoms with E-state index < -0.39 is 10.0 Å². The number of benzene rings is 2. The molecule has 0 bridgehead atoms. The fourth-order valence-electron chi connectivity index (χ4n) is 2.94. The van der Waals surface area contributed by atoms with Gasteiger partial charge >= 0.3 is 0 Å². The van der Waals surface area contributed by atoms with Crippen molar-refractivity contribution in [1.82, 2.24) is 4.31 Å². The maximum absolute atomic E-state index is 12.6. The van der Waals surface area contributed by atoms with Crippen LogP contribution >= 0.6 is 0 Å². The van der Waals surface area contributed by atoms with E-state index in [1.807, 2.05) is 0 Å². The lowest BCUT2D eigenvalue weighted by Gasteiger charge is -2.26. The molecule has 0 spiro atoms. The zero-order chi connectivity index (χ0) is 21.6. The molecule has 1 saturated heterocycles. The van der Waals surface area contributed by atoms with Crippen LogP contribution in [0.1, 0.15) is 5.56 Å². The first-order chi connectivity index (χ1) is 14.4. The van der Waals surface area contributed by atoms with Crippen LogP contribution in [0.15, 0.2) is 53.4 Å². The summed E-state index contributed by atoms with van der Waals surface area (Å²) in [6.45, 7) is 1.48. The fourth-order valence-corrected chi connectivity index (χ4v) is 4.35. The predicted molar refractivity (Wildman–Crippen MR) is 113 cm³/mol. The average Bonchev–Trinajstić information content (AvgIpc) is 2.78. The third kappa shape index (κ3) is 5.18. The fraction of sp³-hybridized carbons (Fsp3) is 0.286. The minimum Gasteiger partial charge on any atom is -0.497 e. The van der Waals surface area contributed by atoms with E-state index in [-0.39, 0.29) is 10.8 Å². The average molecular weight is 432 g/mol. The lowest BCUT2D eigenvalue weighted by Crippen LogP contribution is -2.40. The second-order valence-electron chi connectivity index (χ2n) is 6.47. The van der Waals surface area contributed by atoms with E-state index in [1.54, 1.807) is 36.4 Å². The quantitative estimate of drug-likeness (QED) is 0.675. The van der Waals surface area contributed by atoms with Crippen molar-refractivity contribution < 1.29 is 27.4 Å². The van der Waals surface area contributed by atoms with Gasteiger partial charge in [0.25, 0.3) is 0 Å². The number of carbonyl (C=O) groups is 1. The molecule has 1 aliphatic heterocycles. The van der Waals surface area contributed by atoms with Crippen molar-refractivity contribution in [1.29, 1.82) is 0 Å². The van der Waals surface area contributed by atoms with Gasteiger partial charge in [-0.25, -0.2) is 8.42 Å². The zero-order valence-electron chi connectivity index (χ0n) is 16.8. The monoisotopic (exact) mass is 432 g/mol. The minimum atomic E-state index is -3.54. The van der Waals surface area contributed by atoms with Crippen LogP contribution in [-0.4, -0.2) is 59.2 Å². The Morgan fingerprint density at radius 1 is 1.07 bits per heavy atom. The van der Waals surface area contributed by atoms with E-state index in [1.165, 1.54) is 36.7 Å². The molecule has 1 amide bonds. The number of sulfonamides is 1. The largest absolute Gasteiger partial charge is 0.497 e. The molecular weight excluding hydrogens is 408 g/mol. The van der Waals surface area contributed by atoms with Crippen LogP contribution in [0.5, 0.6) is 11.5 Å². The van der Waals surface area contributed by atoms with Gasteiger partial charge in [-0.1, -0.05) is 12.1 Å². The van der Waals surface area contributed by atoms with E-state index in [0.717, 1.165) is 0 Å². The molecule has 1 heterocycles. The molecule has 0 atom stereocenters. The standard InChI is InChI=1S/C21H24N2O6S/c1-27-17-6-9-20(28-2)19(15-17)22-21(24)10-5-16-3-7-18(8-4-16)30(25,26)23-11-13-29-14-12-23/h3-10,15H,11-14H2,1-2H3,(H,22,24)/b10-5+. The minimum absolute atomic E-state index is 0.215. The highest BCUT2D eigenvalue weighted by Gasteiger charge is 2.25. The molecular formula is C21H24N2O6S. The Kier molecular flexibility index (Phi) is 7.09. The summed E-state index contributed by atoms with van der Waals surface area (Å²) in [5.41, 5.74) is 1.18. The summed E-state index contributed by atoms with van der Waals surface area (Å²) >= 11 is 0. The number of rotatable bonds is 7. The molecule has 9 heteroatoms. The molecule has 1 aliphatic rings. The highest BCUT2D eigenvalue weighted by molar-refractivity contribution is 7.89. The Hall–Kier alpha value is -2.88. The van der Waals surface area contributed by atoms with Crippen molar-refractivity contribution in [3.05, 3.63) is 54.1 Å². The van der Waals surface area contributed by atoms with Crippen LogP contribution in [0, 0.1) is 0 Å². The van der Waals surface area contributed by atoms with Gasteiger partial charge in [-0.15, -0.1) is 0 Å². The van der Waals surface area contributed by atoms with Gasteiger partial charge in [-0.2, -0.15) is 4.31 Å². The van der Waals surface area contributed by atoms with Crippen molar-refractivity contribution in [2.45, 2.75) is 4.90 Å². The third-order valence-electron chi connectivity index (χ3n) is 4.58. The predicted octanol–water partition coefficient (Wildman–Crippen LogP) is 2.38. The third-order valence-corrected chi connectivity index (χ3v) is 6.49. The first-order valence-electron chi connectivity index (χ1n) is 9.33. The highest BCUT2D eigenvalue weighted by Crippen LogP contribution is 2.28. The van der Waals surface area contributed by atoms with Gasteiger partial charge in [0.15, 0.2) is 0 Å². The number of amides is 1. The van der Waals surface area contributed by atoms with Gasteiger partial charge in [-0.3, -0.25) is 4.79 Å². The number of hydrogen-bond donors (Lipinski definition) is 1. The Morgan fingerprint density at radius 2 is 1.77 bits per heavy atom. The molecule has 160 valence electrons. The van der Waals surface area contributed by atoms with E-state index in [2.05, 4.69) is 5.32 Å². The molecule has 3 rings (SSSR count). The number of hydrogen-bond acceptors (Lipinski definition) is 6. The van der Waals surface area contributed by atoms with E-state index in [0.29, 0.717) is 49.1 Å². The molecule has 0 radical (unpaired) electrons. The van der Waals surface area contributed by atoms with Crippen LogP contribution in [0.3, 0.4) is 0 Å². The van der Waals surface area contributed by atoms with Gasteiger partial charge < -0.3 is 19.5 Å². The summed E-state index contributed by atoms with van der Waals surface area (Å²) in [5.74, 6) is 0.744. The zero-order valence-corrected chi connectivity index (χ0v) is 17.6. The van der Waals surface area contributed by atoms with E-state index in [9.17, 15) is 13.2 Å². The van der Waals surface area contributed by atoms with Crippen LogP contribution in [0.4, 0.5) is 5.69 Å². The van der Waals surface area contributed by atoms with Crippen LogP contribution < -0.4 is 14.8 Å². The van der Waals surface area contributed by atoms with Crippen molar-refractivity contribution in [3.8, 4) is 11.5 Å². The molecule has 0 unspecified atom stereocenters. The van der Waals surface area contributed by atoms with Gasteiger partial charge in [0, 0.05) is 25.2 Å². The maximum Gasteiger partial charge on any atom is 0.248 e.